The van der Waals surface area contributed by atoms with Crippen LogP contribution in [0.25, 0.3) is 0 Å². The summed E-state index contributed by atoms with van der Waals surface area (Å²) in [5.74, 6) is 0.0546. The number of benzene rings is 2. The molecule has 130 valence electrons. The van der Waals surface area contributed by atoms with Gasteiger partial charge in [-0.15, -0.1) is 0 Å². The van der Waals surface area contributed by atoms with Crippen LogP contribution >= 0.6 is 15.9 Å². The van der Waals surface area contributed by atoms with Crippen LogP contribution in [0.4, 0.5) is 17.1 Å². The number of carbonyl (C=O) groups excluding carboxylic acids is 1. The van der Waals surface area contributed by atoms with Crippen LogP contribution in [0, 0.1) is 10.1 Å². The number of hydrogen-bond donors (Lipinski definition) is 0. The lowest BCUT2D eigenvalue weighted by Crippen LogP contribution is -2.46. The Hall–Kier alpha value is -2.41. The molecule has 0 amide bonds. The topological polar surface area (TPSA) is 66.7 Å². The minimum atomic E-state index is -0.340. The van der Waals surface area contributed by atoms with Crippen LogP contribution in [0.1, 0.15) is 17.3 Å². The van der Waals surface area contributed by atoms with Crippen molar-refractivity contribution in [3.8, 4) is 0 Å². The fourth-order valence-corrected chi connectivity index (χ4v) is 3.37. The molecule has 2 aromatic rings. The number of piperazine rings is 1. The molecule has 7 heteroatoms. The minimum Gasteiger partial charge on any atom is -0.368 e. The number of nitro groups is 1. The molecule has 2 aromatic carbocycles. The summed E-state index contributed by atoms with van der Waals surface area (Å²) in [6.07, 6.45) is 0. The standard InChI is InChI=1S/C18H18BrN3O3/c1-13(23)14-2-5-16(6-3-14)20-8-10-21(11-9-20)17-7-4-15(19)12-18(17)22(24)25/h2-7,12H,8-11H2,1H3. The molecule has 1 aliphatic rings. The summed E-state index contributed by atoms with van der Waals surface area (Å²) < 4.78 is 0.701. The number of nitrogens with zero attached hydrogens (tertiary/aromatic N) is 3. The highest BCUT2D eigenvalue weighted by Crippen LogP contribution is 2.32. The molecule has 3 rings (SSSR count). The summed E-state index contributed by atoms with van der Waals surface area (Å²) in [4.78, 5) is 26.6. The van der Waals surface area contributed by atoms with Gasteiger partial charge in [0.25, 0.3) is 5.69 Å². The Kier molecular flexibility index (Phi) is 5.03. The molecule has 0 N–H and O–H groups in total. The van der Waals surface area contributed by atoms with E-state index in [2.05, 4.69) is 20.8 Å². The van der Waals surface area contributed by atoms with Gasteiger partial charge in [0.15, 0.2) is 5.78 Å². The molecular formula is C18H18BrN3O3. The van der Waals surface area contributed by atoms with Gasteiger partial charge in [-0.1, -0.05) is 15.9 Å². The van der Waals surface area contributed by atoms with Gasteiger partial charge in [0.05, 0.1) is 4.92 Å². The van der Waals surface area contributed by atoms with Crippen LogP contribution in [0.2, 0.25) is 0 Å². The second kappa shape index (κ2) is 7.23. The summed E-state index contributed by atoms with van der Waals surface area (Å²) in [7, 11) is 0. The number of hydrogen-bond acceptors (Lipinski definition) is 5. The van der Waals surface area contributed by atoms with Crippen molar-refractivity contribution in [3.05, 3.63) is 62.6 Å². The third kappa shape index (κ3) is 3.82. The van der Waals surface area contributed by atoms with Crippen LogP contribution in [0.5, 0.6) is 0 Å². The van der Waals surface area contributed by atoms with Crippen LogP contribution in [-0.2, 0) is 0 Å². The van der Waals surface area contributed by atoms with E-state index in [0.717, 1.165) is 18.8 Å². The average molecular weight is 404 g/mol. The molecule has 0 spiro atoms. The number of anilines is 2. The van der Waals surface area contributed by atoms with E-state index in [9.17, 15) is 14.9 Å². The first-order chi connectivity index (χ1) is 12.0. The Labute approximate surface area is 154 Å². The zero-order valence-electron chi connectivity index (χ0n) is 13.8. The van der Waals surface area contributed by atoms with Gasteiger partial charge >= 0.3 is 0 Å². The van der Waals surface area contributed by atoms with Gasteiger partial charge < -0.3 is 9.80 Å². The highest BCUT2D eigenvalue weighted by Gasteiger charge is 2.24. The van der Waals surface area contributed by atoms with Crippen molar-refractivity contribution in [2.24, 2.45) is 0 Å². The molecule has 6 nitrogen and oxygen atoms in total. The molecule has 0 atom stereocenters. The number of halogens is 1. The molecule has 1 aliphatic heterocycles. The van der Waals surface area contributed by atoms with Crippen LogP contribution < -0.4 is 9.80 Å². The maximum absolute atomic E-state index is 11.4. The first-order valence-corrected chi connectivity index (χ1v) is 8.80. The summed E-state index contributed by atoms with van der Waals surface area (Å²) in [6.45, 7) is 4.51. The zero-order chi connectivity index (χ0) is 18.0. The molecule has 0 bridgehead atoms. The third-order valence-electron chi connectivity index (χ3n) is 4.39. The molecule has 0 unspecified atom stereocenters. The zero-order valence-corrected chi connectivity index (χ0v) is 15.4. The van der Waals surface area contributed by atoms with Gasteiger partial charge in [0.1, 0.15) is 5.69 Å². The number of nitro benzene ring substituents is 1. The van der Waals surface area contributed by atoms with Gasteiger partial charge in [0.2, 0.25) is 0 Å². The van der Waals surface area contributed by atoms with Gasteiger partial charge in [-0.3, -0.25) is 14.9 Å². The first-order valence-electron chi connectivity index (χ1n) is 8.00. The lowest BCUT2D eigenvalue weighted by Gasteiger charge is -2.37. The molecule has 0 aliphatic carbocycles. The number of carbonyl (C=O) groups is 1. The molecule has 25 heavy (non-hydrogen) atoms. The number of rotatable bonds is 4. The van der Waals surface area contributed by atoms with Crippen molar-refractivity contribution in [1.29, 1.82) is 0 Å². The van der Waals surface area contributed by atoms with Gasteiger partial charge in [0, 0.05) is 48.0 Å². The van der Waals surface area contributed by atoms with E-state index in [1.54, 1.807) is 19.1 Å². The van der Waals surface area contributed by atoms with E-state index in [1.807, 2.05) is 35.2 Å². The summed E-state index contributed by atoms with van der Waals surface area (Å²) in [6, 6.07) is 12.7. The molecule has 1 heterocycles. The Balaban J connectivity index is 1.72. The van der Waals surface area contributed by atoms with Crippen molar-refractivity contribution in [2.75, 3.05) is 36.0 Å². The smallest absolute Gasteiger partial charge is 0.293 e. The average Bonchev–Trinajstić information content (AvgIpc) is 2.62. The Morgan fingerprint density at radius 2 is 1.64 bits per heavy atom. The van der Waals surface area contributed by atoms with Gasteiger partial charge in [-0.25, -0.2) is 0 Å². The quantitative estimate of drug-likeness (QED) is 0.440. The number of ketones is 1. The largest absolute Gasteiger partial charge is 0.368 e. The summed E-state index contributed by atoms with van der Waals surface area (Å²) >= 11 is 3.29. The van der Waals surface area contributed by atoms with Crippen LogP contribution in [0.15, 0.2) is 46.9 Å². The van der Waals surface area contributed by atoms with Gasteiger partial charge in [-0.05, 0) is 43.3 Å². The van der Waals surface area contributed by atoms with Crippen molar-refractivity contribution in [2.45, 2.75) is 6.92 Å². The predicted octanol–water partition coefficient (Wildman–Crippen LogP) is 3.89. The maximum atomic E-state index is 11.4. The van der Waals surface area contributed by atoms with Crippen molar-refractivity contribution < 1.29 is 9.72 Å². The first kappa shape index (κ1) is 17.4. The Bertz CT molecular complexity index is 800. The summed E-state index contributed by atoms with van der Waals surface area (Å²) in [5, 5.41) is 11.3. The normalized spacial score (nSPS) is 14.5. The van der Waals surface area contributed by atoms with Crippen molar-refractivity contribution >= 4 is 38.8 Å². The molecule has 0 aromatic heterocycles. The van der Waals surface area contributed by atoms with Crippen LogP contribution in [-0.4, -0.2) is 36.9 Å². The van der Waals surface area contributed by atoms with E-state index >= 15 is 0 Å². The number of Topliss-reactive ketones (excluding diaryl/α,β-unsaturated/α-hetero) is 1. The highest BCUT2D eigenvalue weighted by atomic mass is 79.9. The Morgan fingerprint density at radius 3 is 2.20 bits per heavy atom. The molecular weight excluding hydrogens is 386 g/mol. The van der Waals surface area contributed by atoms with E-state index in [4.69, 9.17) is 0 Å². The van der Waals surface area contributed by atoms with E-state index < -0.39 is 0 Å². The maximum Gasteiger partial charge on any atom is 0.293 e. The monoisotopic (exact) mass is 403 g/mol. The fourth-order valence-electron chi connectivity index (χ4n) is 3.02. The Morgan fingerprint density at radius 1 is 1.04 bits per heavy atom. The van der Waals surface area contributed by atoms with Crippen molar-refractivity contribution in [1.82, 2.24) is 0 Å². The second-order valence-electron chi connectivity index (χ2n) is 5.97. The third-order valence-corrected chi connectivity index (χ3v) is 4.89. The van der Waals surface area contributed by atoms with E-state index in [-0.39, 0.29) is 16.4 Å². The predicted molar refractivity (Wildman–Crippen MR) is 102 cm³/mol. The second-order valence-corrected chi connectivity index (χ2v) is 6.88. The lowest BCUT2D eigenvalue weighted by molar-refractivity contribution is -0.384. The SMILES string of the molecule is CC(=O)c1ccc(N2CCN(c3ccc(Br)cc3[N+](=O)[O-])CC2)cc1. The minimum absolute atomic E-state index is 0.0546. The lowest BCUT2D eigenvalue weighted by atomic mass is 10.1. The molecule has 0 saturated carbocycles. The molecule has 0 radical (unpaired) electrons. The van der Waals surface area contributed by atoms with Crippen LogP contribution in [0.3, 0.4) is 0 Å². The van der Waals surface area contributed by atoms with Crippen molar-refractivity contribution in [3.63, 3.8) is 0 Å². The van der Waals surface area contributed by atoms with Gasteiger partial charge in [-0.2, -0.15) is 0 Å². The highest BCUT2D eigenvalue weighted by molar-refractivity contribution is 9.10. The van der Waals surface area contributed by atoms with E-state index in [1.165, 1.54) is 0 Å². The van der Waals surface area contributed by atoms with E-state index in [0.29, 0.717) is 28.8 Å². The fraction of sp³-hybridized carbons (Fsp3) is 0.278. The summed E-state index contributed by atoms with van der Waals surface area (Å²) in [5.41, 5.74) is 2.54. The molecule has 1 fully saturated rings. The molecule has 1 saturated heterocycles.